The lowest BCUT2D eigenvalue weighted by Crippen LogP contribution is -2.28. The van der Waals surface area contributed by atoms with Gasteiger partial charge in [-0.05, 0) is 51.0 Å². The number of rotatable bonds is 3. The summed E-state index contributed by atoms with van der Waals surface area (Å²) in [7, 11) is 0. The number of nitrogens with one attached hydrogen (secondary N) is 1. The van der Waals surface area contributed by atoms with Crippen LogP contribution in [0.4, 0.5) is 5.69 Å². The minimum Gasteiger partial charge on any atom is -0.398 e. The highest BCUT2D eigenvalue weighted by molar-refractivity contribution is 5.99. The first kappa shape index (κ1) is 15.1. The summed E-state index contributed by atoms with van der Waals surface area (Å²) in [5.41, 5.74) is 11.5. The number of hydrogen-bond donors (Lipinski definition) is 2. The van der Waals surface area contributed by atoms with E-state index in [1.807, 2.05) is 26.0 Å². The average Bonchev–Trinajstić information content (AvgIpc) is 2.43. The van der Waals surface area contributed by atoms with E-state index < -0.39 is 0 Å². The molecule has 0 fully saturated rings. The van der Waals surface area contributed by atoms with Crippen molar-refractivity contribution < 1.29 is 4.79 Å². The fourth-order valence-electron chi connectivity index (χ4n) is 2.45. The number of nitrogen functional groups attached to an aromatic ring is 1. The van der Waals surface area contributed by atoms with Crippen molar-refractivity contribution >= 4 is 11.6 Å². The highest BCUT2D eigenvalue weighted by atomic mass is 16.1. The summed E-state index contributed by atoms with van der Waals surface area (Å²) in [5, 5.41) is 3.03. The van der Waals surface area contributed by atoms with Gasteiger partial charge in [-0.2, -0.15) is 0 Å². The third kappa shape index (κ3) is 3.43. The van der Waals surface area contributed by atoms with Crippen molar-refractivity contribution in [3.63, 3.8) is 0 Å². The van der Waals surface area contributed by atoms with Gasteiger partial charge >= 0.3 is 0 Å². The van der Waals surface area contributed by atoms with Crippen LogP contribution in [-0.4, -0.2) is 5.91 Å². The number of anilines is 1. The molecule has 2 aromatic carbocycles. The molecule has 0 bridgehead atoms. The molecule has 0 radical (unpaired) electrons. The highest BCUT2D eigenvalue weighted by Crippen LogP contribution is 2.20. The van der Waals surface area contributed by atoms with E-state index in [9.17, 15) is 4.79 Å². The van der Waals surface area contributed by atoms with Crippen LogP contribution in [0.5, 0.6) is 0 Å². The Morgan fingerprint density at radius 2 is 1.67 bits per heavy atom. The maximum atomic E-state index is 12.4. The van der Waals surface area contributed by atoms with Crippen molar-refractivity contribution in [2.75, 3.05) is 5.73 Å². The molecule has 0 spiro atoms. The van der Waals surface area contributed by atoms with Gasteiger partial charge < -0.3 is 11.1 Å². The summed E-state index contributed by atoms with van der Waals surface area (Å²) in [6.07, 6.45) is 0. The molecule has 0 aromatic heterocycles. The van der Waals surface area contributed by atoms with Gasteiger partial charge in [0, 0.05) is 5.69 Å². The van der Waals surface area contributed by atoms with E-state index in [1.54, 1.807) is 6.07 Å². The van der Waals surface area contributed by atoms with E-state index in [2.05, 4.69) is 37.4 Å². The summed E-state index contributed by atoms with van der Waals surface area (Å²) in [4.78, 5) is 12.4. The SMILES string of the molecule is Cc1ccc(N)c(C(=O)NC(C)c2cc(C)ccc2C)c1. The summed E-state index contributed by atoms with van der Waals surface area (Å²) >= 11 is 0. The fraction of sp³-hybridized carbons (Fsp3) is 0.278. The van der Waals surface area contributed by atoms with E-state index in [4.69, 9.17) is 5.73 Å². The molecule has 1 amide bonds. The first-order valence-corrected chi connectivity index (χ1v) is 7.12. The Morgan fingerprint density at radius 3 is 2.38 bits per heavy atom. The quantitative estimate of drug-likeness (QED) is 0.844. The van der Waals surface area contributed by atoms with Gasteiger partial charge in [-0.15, -0.1) is 0 Å². The minimum atomic E-state index is -0.135. The summed E-state index contributed by atoms with van der Waals surface area (Å²) in [5.74, 6) is -0.135. The van der Waals surface area contributed by atoms with Gasteiger partial charge in [-0.1, -0.05) is 35.4 Å². The van der Waals surface area contributed by atoms with E-state index >= 15 is 0 Å². The smallest absolute Gasteiger partial charge is 0.253 e. The maximum absolute atomic E-state index is 12.4. The van der Waals surface area contributed by atoms with Gasteiger partial charge in [0.1, 0.15) is 0 Å². The fourth-order valence-corrected chi connectivity index (χ4v) is 2.45. The zero-order valence-electron chi connectivity index (χ0n) is 13.0. The predicted octanol–water partition coefficient (Wildman–Crippen LogP) is 3.69. The van der Waals surface area contributed by atoms with Crippen molar-refractivity contribution in [1.29, 1.82) is 0 Å². The molecule has 0 aliphatic rings. The molecule has 3 N–H and O–H groups in total. The number of aryl methyl sites for hydroxylation is 3. The molecule has 3 heteroatoms. The second kappa shape index (κ2) is 6.00. The topological polar surface area (TPSA) is 55.1 Å². The Morgan fingerprint density at radius 1 is 1.05 bits per heavy atom. The van der Waals surface area contributed by atoms with Crippen molar-refractivity contribution in [3.8, 4) is 0 Å². The van der Waals surface area contributed by atoms with Crippen LogP contribution in [0.25, 0.3) is 0 Å². The molecule has 0 aliphatic carbocycles. The summed E-state index contributed by atoms with van der Waals surface area (Å²) < 4.78 is 0. The Kier molecular flexibility index (Phi) is 4.32. The largest absolute Gasteiger partial charge is 0.398 e. The Balaban J connectivity index is 2.23. The Bertz CT molecular complexity index is 677. The Hall–Kier alpha value is -2.29. The van der Waals surface area contributed by atoms with Gasteiger partial charge in [0.2, 0.25) is 0 Å². The monoisotopic (exact) mass is 282 g/mol. The second-order valence-electron chi connectivity index (χ2n) is 5.65. The maximum Gasteiger partial charge on any atom is 0.253 e. The van der Waals surface area contributed by atoms with Gasteiger partial charge in [0.15, 0.2) is 0 Å². The van der Waals surface area contributed by atoms with Crippen LogP contribution in [0.3, 0.4) is 0 Å². The highest BCUT2D eigenvalue weighted by Gasteiger charge is 2.15. The third-order valence-corrected chi connectivity index (χ3v) is 3.70. The van der Waals surface area contributed by atoms with Gasteiger partial charge in [0.05, 0.1) is 11.6 Å². The lowest BCUT2D eigenvalue weighted by molar-refractivity contribution is 0.0940. The molecular formula is C18H22N2O. The average molecular weight is 282 g/mol. The van der Waals surface area contributed by atoms with E-state index in [0.29, 0.717) is 11.3 Å². The number of hydrogen-bond acceptors (Lipinski definition) is 2. The molecule has 2 aromatic rings. The number of benzene rings is 2. The van der Waals surface area contributed by atoms with Crippen molar-refractivity contribution in [2.24, 2.45) is 0 Å². The molecule has 0 saturated heterocycles. The predicted molar refractivity (Wildman–Crippen MR) is 87.4 cm³/mol. The molecule has 0 heterocycles. The van der Waals surface area contributed by atoms with E-state index in [-0.39, 0.29) is 11.9 Å². The van der Waals surface area contributed by atoms with Crippen molar-refractivity contribution in [1.82, 2.24) is 5.32 Å². The van der Waals surface area contributed by atoms with E-state index in [1.165, 1.54) is 11.1 Å². The second-order valence-corrected chi connectivity index (χ2v) is 5.65. The van der Waals surface area contributed by atoms with Gasteiger partial charge in [0.25, 0.3) is 5.91 Å². The van der Waals surface area contributed by atoms with Crippen LogP contribution in [0.1, 0.15) is 45.6 Å². The number of carbonyl (C=O) groups is 1. The normalized spacial score (nSPS) is 12.0. The standard InChI is InChI=1S/C18H22N2O/c1-11-5-7-13(3)15(9-11)14(4)20-18(21)16-10-12(2)6-8-17(16)19/h5-10,14H,19H2,1-4H3,(H,20,21). The molecule has 110 valence electrons. The summed E-state index contributed by atoms with van der Waals surface area (Å²) in [6, 6.07) is 11.7. The van der Waals surface area contributed by atoms with Crippen molar-refractivity contribution in [3.05, 3.63) is 64.2 Å². The molecule has 1 unspecified atom stereocenters. The molecule has 3 nitrogen and oxygen atoms in total. The van der Waals surface area contributed by atoms with E-state index in [0.717, 1.165) is 11.1 Å². The van der Waals surface area contributed by atoms with Crippen LogP contribution in [-0.2, 0) is 0 Å². The van der Waals surface area contributed by atoms with Crippen LogP contribution in [0, 0.1) is 20.8 Å². The molecule has 1 atom stereocenters. The van der Waals surface area contributed by atoms with Gasteiger partial charge in [-0.3, -0.25) is 4.79 Å². The molecule has 2 rings (SSSR count). The van der Waals surface area contributed by atoms with Crippen molar-refractivity contribution in [2.45, 2.75) is 33.7 Å². The first-order chi connectivity index (χ1) is 9.88. The molecule has 0 saturated carbocycles. The number of nitrogens with two attached hydrogens (primary N) is 1. The zero-order valence-corrected chi connectivity index (χ0v) is 13.0. The number of carbonyl (C=O) groups excluding carboxylic acids is 1. The van der Waals surface area contributed by atoms with Crippen LogP contribution in [0.2, 0.25) is 0 Å². The lowest BCUT2D eigenvalue weighted by atomic mass is 9.99. The zero-order chi connectivity index (χ0) is 15.6. The third-order valence-electron chi connectivity index (χ3n) is 3.70. The molecule has 0 aliphatic heterocycles. The lowest BCUT2D eigenvalue weighted by Gasteiger charge is -2.18. The Labute approximate surface area is 126 Å². The molecular weight excluding hydrogens is 260 g/mol. The van der Waals surface area contributed by atoms with Gasteiger partial charge in [-0.25, -0.2) is 0 Å². The number of amides is 1. The van der Waals surface area contributed by atoms with Crippen LogP contribution >= 0.6 is 0 Å². The molecule has 21 heavy (non-hydrogen) atoms. The van der Waals surface area contributed by atoms with Crippen LogP contribution < -0.4 is 11.1 Å². The van der Waals surface area contributed by atoms with Crippen LogP contribution in [0.15, 0.2) is 36.4 Å². The summed E-state index contributed by atoms with van der Waals surface area (Å²) in [6.45, 7) is 8.05. The minimum absolute atomic E-state index is 0.0580. The first-order valence-electron chi connectivity index (χ1n) is 7.12.